The highest BCUT2D eigenvalue weighted by Crippen LogP contribution is 2.40. The minimum Gasteiger partial charge on any atom is -0.463 e. The molecule has 0 atom stereocenters. The zero-order chi connectivity index (χ0) is 13.4. The van der Waals surface area contributed by atoms with E-state index in [1.165, 1.54) is 5.56 Å². The third kappa shape index (κ3) is 1.89. The summed E-state index contributed by atoms with van der Waals surface area (Å²) >= 11 is 1.78. The average molecular weight is 280 g/mol. The SMILES string of the molecule is C1=Cc2n[nH]c3ccc(SCc4ccccc4)c(c23)O1. The molecule has 0 saturated carbocycles. The van der Waals surface area contributed by atoms with Crippen LogP contribution in [0.5, 0.6) is 5.75 Å². The van der Waals surface area contributed by atoms with E-state index >= 15 is 0 Å². The van der Waals surface area contributed by atoms with E-state index in [0.717, 1.165) is 33.0 Å². The normalized spacial score (nSPS) is 12.6. The van der Waals surface area contributed by atoms with Crippen molar-refractivity contribution < 1.29 is 4.74 Å². The second-order valence-corrected chi connectivity index (χ2v) is 5.64. The van der Waals surface area contributed by atoms with Crippen LogP contribution in [-0.2, 0) is 5.75 Å². The number of H-pyrrole nitrogens is 1. The Morgan fingerprint density at radius 3 is 2.90 bits per heavy atom. The molecular weight excluding hydrogens is 268 g/mol. The van der Waals surface area contributed by atoms with E-state index in [1.54, 1.807) is 18.0 Å². The molecule has 1 aromatic heterocycles. The second kappa shape index (κ2) is 4.72. The van der Waals surface area contributed by atoms with Crippen molar-refractivity contribution in [3.8, 4) is 5.75 Å². The molecule has 4 rings (SSSR count). The summed E-state index contributed by atoms with van der Waals surface area (Å²) in [7, 11) is 0. The lowest BCUT2D eigenvalue weighted by atomic mass is 10.1. The predicted octanol–water partition coefficient (Wildman–Crippen LogP) is 4.22. The molecule has 3 nitrogen and oxygen atoms in total. The van der Waals surface area contributed by atoms with Gasteiger partial charge in [-0.2, -0.15) is 5.10 Å². The number of nitrogens with zero attached hydrogens (tertiary/aromatic N) is 1. The maximum absolute atomic E-state index is 5.71. The zero-order valence-corrected chi connectivity index (χ0v) is 11.5. The number of aromatic nitrogens is 2. The molecule has 98 valence electrons. The molecule has 0 amide bonds. The van der Waals surface area contributed by atoms with Gasteiger partial charge in [-0.05, 0) is 17.7 Å². The lowest BCUT2D eigenvalue weighted by Gasteiger charge is -2.12. The third-order valence-electron chi connectivity index (χ3n) is 3.32. The summed E-state index contributed by atoms with van der Waals surface area (Å²) in [5.74, 6) is 1.84. The second-order valence-electron chi connectivity index (χ2n) is 4.62. The molecule has 0 radical (unpaired) electrons. The van der Waals surface area contributed by atoms with Gasteiger partial charge >= 0.3 is 0 Å². The van der Waals surface area contributed by atoms with Gasteiger partial charge in [-0.15, -0.1) is 11.8 Å². The fourth-order valence-electron chi connectivity index (χ4n) is 2.34. The van der Waals surface area contributed by atoms with Gasteiger partial charge < -0.3 is 4.74 Å². The molecule has 0 saturated heterocycles. The van der Waals surface area contributed by atoms with Gasteiger partial charge in [0.25, 0.3) is 0 Å². The number of aromatic amines is 1. The smallest absolute Gasteiger partial charge is 0.151 e. The van der Waals surface area contributed by atoms with Crippen LogP contribution in [0.15, 0.2) is 53.6 Å². The van der Waals surface area contributed by atoms with Crippen molar-refractivity contribution in [2.24, 2.45) is 0 Å². The largest absolute Gasteiger partial charge is 0.463 e. The van der Waals surface area contributed by atoms with Crippen LogP contribution in [0.3, 0.4) is 0 Å². The Balaban J connectivity index is 1.69. The maximum Gasteiger partial charge on any atom is 0.151 e. The van der Waals surface area contributed by atoms with Crippen molar-refractivity contribution >= 4 is 28.7 Å². The van der Waals surface area contributed by atoms with Gasteiger partial charge in [0.2, 0.25) is 0 Å². The highest BCUT2D eigenvalue weighted by Gasteiger charge is 2.17. The quantitative estimate of drug-likeness (QED) is 0.730. The summed E-state index contributed by atoms with van der Waals surface area (Å²) in [6, 6.07) is 14.6. The lowest BCUT2D eigenvalue weighted by molar-refractivity contribution is 0.476. The molecule has 1 aliphatic heterocycles. The van der Waals surface area contributed by atoms with Gasteiger partial charge in [-0.1, -0.05) is 30.3 Å². The van der Waals surface area contributed by atoms with Crippen molar-refractivity contribution in [1.82, 2.24) is 10.2 Å². The molecule has 0 bridgehead atoms. The molecule has 1 N–H and O–H groups in total. The van der Waals surface area contributed by atoms with Gasteiger partial charge in [0.1, 0.15) is 0 Å². The minimum atomic E-state index is 0.912. The van der Waals surface area contributed by atoms with E-state index < -0.39 is 0 Å². The van der Waals surface area contributed by atoms with Crippen molar-refractivity contribution in [2.75, 3.05) is 0 Å². The molecule has 20 heavy (non-hydrogen) atoms. The summed E-state index contributed by atoms with van der Waals surface area (Å²) in [5, 5.41) is 8.39. The summed E-state index contributed by atoms with van der Waals surface area (Å²) in [6.07, 6.45) is 3.59. The van der Waals surface area contributed by atoms with Crippen LogP contribution < -0.4 is 4.74 Å². The molecule has 2 heterocycles. The molecule has 4 heteroatoms. The van der Waals surface area contributed by atoms with Crippen molar-refractivity contribution in [1.29, 1.82) is 0 Å². The Labute approximate surface area is 120 Å². The molecule has 0 aliphatic carbocycles. The lowest BCUT2D eigenvalue weighted by Crippen LogP contribution is -1.92. The molecule has 0 spiro atoms. The van der Waals surface area contributed by atoms with Gasteiger partial charge in [-0.3, -0.25) is 5.10 Å². The van der Waals surface area contributed by atoms with Crippen LogP contribution in [0.4, 0.5) is 0 Å². The van der Waals surface area contributed by atoms with Crippen LogP contribution in [0, 0.1) is 0 Å². The van der Waals surface area contributed by atoms with Crippen LogP contribution >= 0.6 is 11.8 Å². The zero-order valence-electron chi connectivity index (χ0n) is 10.7. The van der Waals surface area contributed by atoms with Gasteiger partial charge in [0.15, 0.2) is 5.75 Å². The van der Waals surface area contributed by atoms with Crippen LogP contribution in [-0.4, -0.2) is 10.2 Å². The predicted molar refractivity (Wildman–Crippen MR) is 81.8 cm³/mol. The molecule has 1 aliphatic rings. The first kappa shape index (κ1) is 11.6. The monoisotopic (exact) mass is 280 g/mol. The molecule has 0 unspecified atom stereocenters. The molecular formula is C16H12N2OS. The number of nitrogens with one attached hydrogen (secondary N) is 1. The Bertz CT molecular complexity index is 793. The van der Waals surface area contributed by atoms with Crippen molar-refractivity contribution in [3.05, 3.63) is 60.0 Å². The number of hydrogen-bond donors (Lipinski definition) is 1. The average Bonchev–Trinajstić information content (AvgIpc) is 2.93. The Hall–Kier alpha value is -2.20. The first-order valence-electron chi connectivity index (χ1n) is 6.43. The van der Waals surface area contributed by atoms with E-state index in [9.17, 15) is 0 Å². The van der Waals surface area contributed by atoms with Crippen molar-refractivity contribution in [3.63, 3.8) is 0 Å². The van der Waals surface area contributed by atoms with Gasteiger partial charge in [-0.25, -0.2) is 0 Å². The summed E-state index contributed by atoms with van der Waals surface area (Å²) in [6.45, 7) is 0. The van der Waals surface area contributed by atoms with E-state index in [2.05, 4.69) is 46.6 Å². The fraction of sp³-hybridized carbons (Fsp3) is 0.0625. The summed E-state index contributed by atoms with van der Waals surface area (Å²) in [4.78, 5) is 1.15. The Kier molecular flexibility index (Phi) is 2.74. The summed E-state index contributed by atoms with van der Waals surface area (Å²) in [5.41, 5.74) is 3.27. The van der Waals surface area contributed by atoms with Crippen LogP contribution in [0.1, 0.15) is 11.3 Å². The third-order valence-corrected chi connectivity index (χ3v) is 4.43. The Morgan fingerprint density at radius 2 is 2.00 bits per heavy atom. The standard InChI is InChI=1S/C16H12N2OS/c1-2-4-11(5-3-1)10-20-14-7-6-12-15-13(18-17-12)8-9-19-16(14)15/h1-9H,10H2,(H,17,18). The summed E-state index contributed by atoms with van der Waals surface area (Å²) < 4.78 is 5.71. The molecule has 3 aromatic rings. The van der Waals surface area contributed by atoms with Gasteiger partial charge in [0.05, 0.1) is 27.8 Å². The molecule has 2 aromatic carbocycles. The van der Waals surface area contributed by atoms with E-state index in [4.69, 9.17) is 4.74 Å². The van der Waals surface area contributed by atoms with Crippen LogP contribution in [0.2, 0.25) is 0 Å². The minimum absolute atomic E-state index is 0.912. The first-order valence-corrected chi connectivity index (χ1v) is 7.41. The highest BCUT2D eigenvalue weighted by atomic mass is 32.2. The Morgan fingerprint density at radius 1 is 1.10 bits per heavy atom. The van der Waals surface area contributed by atoms with Gasteiger partial charge in [0, 0.05) is 11.8 Å². The number of rotatable bonds is 3. The topological polar surface area (TPSA) is 37.9 Å². The van der Waals surface area contributed by atoms with Crippen LogP contribution in [0.25, 0.3) is 17.0 Å². The highest BCUT2D eigenvalue weighted by molar-refractivity contribution is 7.98. The number of benzene rings is 2. The van der Waals surface area contributed by atoms with E-state index in [0.29, 0.717) is 0 Å². The molecule has 0 fully saturated rings. The first-order chi connectivity index (χ1) is 9.92. The number of ether oxygens (including phenoxy) is 1. The van der Waals surface area contributed by atoms with E-state index in [1.807, 2.05) is 12.1 Å². The number of thioether (sulfide) groups is 1. The fourth-order valence-corrected chi connectivity index (χ4v) is 3.30. The van der Waals surface area contributed by atoms with Crippen molar-refractivity contribution in [2.45, 2.75) is 10.6 Å². The maximum atomic E-state index is 5.71. The number of hydrogen-bond acceptors (Lipinski definition) is 3. The van der Waals surface area contributed by atoms with E-state index in [-0.39, 0.29) is 0 Å².